The Morgan fingerprint density at radius 3 is 2.35 bits per heavy atom. The van der Waals surface area contributed by atoms with Crippen molar-refractivity contribution in [3.8, 4) is 16.9 Å². The molecular formula is C20H24ClOP. The first-order valence-electron chi connectivity index (χ1n) is 8.18. The van der Waals surface area contributed by atoms with Crippen LogP contribution in [-0.4, -0.2) is 12.0 Å². The standard InChI is InChI=1S/C20H24ClOP/c1-20(2,3)12-15(13-21)14-23-19-11-7-5-9-17(19)16-8-4-6-10-18(16)22-23/h4-11,15H,12-14H2,1-3H3. The van der Waals surface area contributed by atoms with Crippen LogP contribution in [0.2, 0.25) is 0 Å². The summed E-state index contributed by atoms with van der Waals surface area (Å²) in [5, 5.41) is 1.35. The molecule has 0 saturated carbocycles. The van der Waals surface area contributed by atoms with Crippen LogP contribution in [0.25, 0.3) is 11.1 Å². The van der Waals surface area contributed by atoms with Gasteiger partial charge in [0, 0.05) is 22.9 Å². The summed E-state index contributed by atoms with van der Waals surface area (Å²) in [6, 6.07) is 17.0. The van der Waals surface area contributed by atoms with Gasteiger partial charge >= 0.3 is 0 Å². The van der Waals surface area contributed by atoms with Crippen molar-refractivity contribution >= 4 is 25.1 Å². The highest BCUT2D eigenvalue weighted by Crippen LogP contribution is 2.50. The van der Waals surface area contributed by atoms with Crippen LogP contribution in [0.15, 0.2) is 48.5 Å². The van der Waals surface area contributed by atoms with Crippen LogP contribution in [0.1, 0.15) is 27.2 Å². The van der Waals surface area contributed by atoms with Crippen LogP contribution >= 0.6 is 19.7 Å². The Balaban J connectivity index is 1.90. The third kappa shape index (κ3) is 3.90. The van der Waals surface area contributed by atoms with Crippen LogP contribution < -0.4 is 9.83 Å². The number of hydrogen-bond acceptors (Lipinski definition) is 1. The molecule has 0 aliphatic carbocycles. The van der Waals surface area contributed by atoms with E-state index in [2.05, 4.69) is 69.3 Å². The summed E-state index contributed by atoms with van der Waals surface area (Å²) >= 11 is 6.27. The molecule has 0 fully saturated rings. The summed E-state index contributed by atoms with van der Waals surface area (Å²) in [6.07, 6.45) is 2.16. The van der Waals surface area contributed by atoms with Gasteiger partial charge in [0.05, 0.1) is 0 Å². The van der Waals surface area contributed by atoms with Gasteiger partial charge in [-0.15, -0.1) is 11.6 Å². The molecule has 1 aliphatic rings. The predicted molar refractivity (Wildman–Crippen MR) is 102 cm³/mol. The first-order chi connectivity index (χ1) is 11.0. The highest BCUT2D eigenvalue weighted by atomic mass is 35.5. The second-order valence-corrected chi connectivity index (χ2v) is 9.55. The van der Waals surface area contributed by atoms with Crippen molar-refractivity contribution in [2.45, 2.75) is 27.2 Å². The van der Waals surface area contributed by atoms with Crippen LogP contribution in [0.3, 0.4) is 0 Å². The molecule has 0 spiro atoms. The lowest BCUT2D eigenvalue weighted by Gasteiger charge is -2.32. The second kappa shape index (κ2) is 6.83. The van der Waals surface area contributed by atoms with E-state index in [1.165, 1.54) is 16.4 Å². The summed E-state index contributed by atoms with van der Waals surface area (Å²) in [6.45, 7) is 6.85. The minimum Gasteiger partial charge on any atom is -0.469 e. The van der Waals surface area contributed by atoms with E-state index >= 15 is 0 Å². The maximum Gasteiger partial charge on any atom is 0.131 e. The van der Waals surface area contributed by atoms with E-state index in [-0.39, 0.29) is 0 Å². The van der Waals surface area contributed by atoms with Crippen molar-refractivity contribution in [3.05, 3.63) is 48.5 Å². The average molecular weight is 347 g/mol. The van der Waals surface area contributed by atoms with Gasteiger partial charge in [0.1, 0.15) is 13.9 Å². The molecule has 3 heteroatoms. The monoisotopic (exact) mass is 346 g/mol. The summed E-state index contributed by atoms with van der Waals surface area (Å²) in [5.41, 5.74) is 2.83. The van der Waals surface area contributed by atoms with Gasteiger partial charge in [-0.1, -0.05) is 63.2 Å². The number of benzene rings is 2. The lowest BCUT2D eigenvalue weighted by Crippen LogP contribution is -2.23. The highest BCUT2D eigenvalue weighted by Gasteiger charge is 2.29. The van der Waals surface area contributed by atoms with E-state index < -0.39 is 8.15 Å². The Morgan fingerprint density at radius 2 is 1.65 bits per heavy atom. The SMILES string of the molecule is CC(C)(C)CC(CCl)CP1Oc2ccccc2-c2ccccc21. The minimum atomic E-state index is -0.657. The van der Waals surface area contributed by atoms with Gasteiger partial charge < -0.3 is 4.52 Å². The molecule has 2 aromatic carbocycles. The van der Waals surface area contributed by atoms with Crippen LogP contribution in [0.4, 0.5) is 0 Å². The number of para-hydroxylation sites is 1. The maximum absolute atomic E-state index is 6.41. The minimum absolute atomic E-state index is 0.294. The van der Waals surface area contributed by atoms with Crippen molar-refractivity contribution in [1.82, 2.24) is 0 Å². The summed E-state index contributed by atoms with van der Waals surface area (Å²) in [7, 11) is -0.657. The molecule has 0 aromatic heterocycles. The van der Waals surface area contributed by atoms with E-state index in [1.54, 1.807) is 0 Å². The van der Waals surface area contributed by atoms with Crippen LogP contribution in [0.5, 0.6) is 5.75 Å². The smallest absolute Gasteiger partial charge is 0.131 e. The molecule has 0 bridgehead atoms. The lowest BCUT2D eigenvalue weighted by atomic mass is 9.86. The number of halogens is 1. The summed E-state index contributed by atoms with van der Waals surface area (Å²) in [5.74, 6) is 2.20. The fourth-order valence-electron chi connectivity index (χ4n) is 3.26. The van der Waals surface area contributed by atoms with E-state index in [0.29, 0.717) is 17.2 Å². The van der Waals surface area contributed by atoms with Gasteiger partial charge in [0.2, 0.25) is 0 Å². The number of rotatable bonds is 4. The van der Waals surface area contributed by atoms with Gasteiger partial charge in [0.25, 0.3) is 0 Å². The van der Waals surface area contributed by atoms with E-state index in [4.69, 9.17) is 16.1 Å². The van der Waals surface area contributed by atoms with Crippen molar-refractivity contribution in [1.29, 1.82) is 0 Å². The van der Waals surface area contributed by atoms with Crippen molar-refractivity contribution in [3.63, 3.8) is 0 Å². The zero-order valence-electron chi connectivity index (χ0n) is 14.1. The zero-order valence-corrected chi connectivity index (χ0v) is 15.7. The lowest BCUT2D eigenvalue weighted by molar-refractivity contribution is 0.323. The molecule has 0 N–H and O–H groups in total. The normalized spacial score (nSPS) is 17.8. The Labute approximate surface area is 145 Å². The largest absolute Gasteiger partial charge is 0.469 e. The number of alkyl halides is 1. The molecule has 0 saturated heterocycles. The molecule has 1 aliphatic heterocycles. The molecule has 2 aromatic rings. The second-order valence-electron chi connectivity index (χ2n) is 7.45. The first kappa shape index (κ1) is 16.8. The Bertz CT molecular complexity index is 677. The van der Waals surface area contributed by atoms with Gasteiger partial charge in [-0.2, -0.15) is 0 Å². The predicted octanol–water partition coefficient (Wildman–Crippen LogP) is 6.06. The molecule has 1 nitrogen and oxygen atoms in total. The van der Waals surface area contributed by atoms with Crippen molar-refractivity contribution in [2.75, 3.05) is 12.0 Å². The molecule has 0 amide bonds. The molecule has 122 valence electrons. The van der Waals surface area contributed by atoms with E-state index in [1.807, 2.05) is 0 Å². The summed E-state index contributed by atoms with van der Waals surface area (Å²) in [4.78, 5) is 0. The topological polar surface area (TPSA) is 9.23 Å². The Kier molecular flexibility index (Phi) is 4.99. The Hall–Kier alpha value is -1.04. The van der Waals surface area contributed by atoms with Gasteiger partial charge in [-0.25, -0.2) is 0 Å². The summed E-state index contributed by atoms with van der Waals surface area (Å²) < 4.78 is 6.41. The van der Waals surface area contributed by atoms with Gasteiger partial charge in [-0.3, -0.25) is 0 Å². The molecule has 2 atom stereocenters. The van der Waals surface area contributed by atoms with E-state index in [9.17, 15) is 0 Å². The van der Waals surface area contributed by atoms with Gasteiger partial charge in [0.15, 0.2) is 0 Å². The Morgan fingerprint density at radius 1 is 1.00 bits per heavy atom. The third-order valence-corrected chi connectivity index (χ3v) is 6.73. The molecule has 0 radical (unpaired) electrons. The number of fused-ring (bicyclic) bond motifs is 3. The first-order valence-corrected chi connectivity index (χ1v) is 10.2. The molecule has 2 unspecified atom stereocenters. The van der Waals surface area contributed by atoms with Crippen molar-refractivity contribution in [2.24, 2.45) is 11.3 Å². The average Bonchev–Trinajstić information content (AvgIpc) is 2.53. The molecule has 23 heavy (non-hydrogen) atoms. The van der Waals surface area contributed by atoms with E-state index in [0.717, 1.165) is 18.3 Å². The van der Waals surface area contributed by atoms with Crippen LogP contribution in [0, 0.1) is 11.3 Å². The molecule has 1 heterocycles. The fourth-order valence-corrected chi connectivity index (χ4v) is 5.84. The quantitative estimate of drug-likeness (QED) is 0.483. The fraction of sp³-hybridized carbons (Fsp3) is 0.400. The maximum atomic E-state index is 6.41. The van der Waals surface area contributed by atoms with Crippen LogP contribution in [-0.2, 0) is 0 Å². The van der Waals surface area contributed by atoms with Gasteiger partial charge in [-0.05, 0) is 29.4 Å². The molecule has 3 rings (SSSR count). The highest BCUT2D eigenvalue weighted by molar-refractivity contribution is 7.61. The number of hydrogen-bond donors (Lipinski definition) is 0. The van der Waals surface area contributed by atoms with Crippen molar-refractivity contribution < 1.29 is 4.52 Å². The molecular weight excluding hydrogens is 323 g/mol. The zero-order chi connectivity index (χ0) is 16.4. The third-order valence-electron chi connectivity index (χ3n) is 4.10.